The smallest absolute Gasteiger partial charge is 0.189 e. The Morgan fingerprint density at radius 2 is 1.06 bits per heavy atom. The molecule has 4 aromatic rings. The van der Waals surface area contributed by atoms with E-state index in [9.17, 15) is 0 Å². The lowest BCUT2D eigenvalue weighted by atomic mass is 10.2. The molecule has 0 heterocycles. The SMILES string of the molecule is CCOCOc1ccc(COc2ccc([S+](c3ccccc3)c3ccccc3)cc2)cc1. The van der Waals surface area contributed by atoms with Crippen LogP contribution in [0.5, 0.6) is 11.5 Å². The second-order valence-corrected chi connectivity index (χ2v) is 9.12. The summed E-state index contributed by atoms with van der Waals surface area (Å²) in [7, 11) is -0.149. The van der Waals surface area contributed by atoms with Crippen LogP contribution in [0, 0.1) is 0 Å². The second kappa shape index (κ2) is 11.4. The van der Waals surface area contributed by atoms with Crippen LogP contribution in [0.3, 0.4) is 0 Å². The standard InChI is InChI=1S/C28H27O3S/c1-2-29-22-31-25-15-13-23(14-16-25)21-30-24-17-19-28(20-18-24)32(26-9-5-3-6-10-26)27-11-7-4-8-12-27/h3-20H,2,21-22H2,1H3/q+1. The van der Waals surface area contributed by atoms with Gasteiger partial charge in [0.05, 0.1) is 10.9 Å². The topological polar surface area (TPSA) is 27.7 Å². The fourth-order valence-electron chi connectivity index (χ4n) is 3.23. The Labute approximate surface area is 192 Å². The number of hydrogen-bond acceptors (Lipinski definition) is 3. The highest BCUT2D eigenvalue weighted by molar-refractivity contribution is 7.97. The zero-order valence-electron chi connectivity index (χ0n) is 18.1. The first-order valence-electron chi connectivity index (χ1n) is 10.7. The molecule has 4 rings (SSSR count). The van der Waals surface area contributed by atoms with Crippen LogP contribution in [-0.2, 0) is 22.2 Å². The number of hydrogen-bond donors (Lipinski definition) is 0. The minimum Gasteiger partial charge on any atom is -0.489 e. The van der Waals surface area contributed by atoms with Crippen LogP contribution < -0.4 is 9.47 Å². The third-order valence-corrected chi connectivity index (χ3v) is 7.09. The van der Waals surface area contributed by atoms with E-state index in [-0.39, 0.29) is 17.7 Å². The average Bonchev–Trinajstić information content (AvgIpc) is 2.86. The molecule has 3 nitrogen and oxygen atoms in total. The first-order chi connectivity index (χ1) is 15.8. The van der Waals surface area contributed by atoms with Crippen molar-refractivity contribution in [2.75, 3.05) is 13.4 Å². The predicted molar refractivity (Wildman–Crippen MR) is 129 cm³/mol. The Morgan fingerprint density at radius 3 is 1.62 bits per heavy atom. The Bertz CT molecular complexity index is 1030. The van der Waals surface area contributed by atoms with Gasteiger partial charge < -0.3 is 14.2 Å². The molecule has 4 aromatic carbocycles. The van der Waals surface area contributed by atoms with Gasteiger partial charge >= 0.3 is 0 Å². The van der Waals surface area contributed by atoms with Gasteiger partial charge in [-0.15, -0.1) is 0 Å². The van der Waals surface area contributed by atoms with Gasteiger partial charge in [-0.2, -0.15) is 0 Å². The molecule has 4 heteroatoms. The quantitative estimate of drug-likeness (QED) is 0.154. The van der Waals surface area contributed by atoms with Gasteiger partial charge in [-0.1, -0.05) is 48.5 Å². The molecule has 0 fully saturated rings. The van der Waals surface area contributed by atoms with E-state index < -0.39 is 0 Å². The maximum Gasteiger partial charge on any atom is 0.189 e. The van der Waals surface area contributed by atoms with Gasteiger partial charge in [0.2, 0.25) is 0 Å². The van der Waals surface area contributed by atoms with Crippen molar-refractivity contribution in [2.45, 2.75) is 28.2 Å². The van der Waals surface area contributed by atoms with Crippen LogP contribution in [0.2, 0.25) is 0 Å². The van der Waals surface area contributed by atoms with Crippen molar-refractivity contribution in [1.82, 2.24) is 0 Å². The molecular formula is C28H27O3S+. The molecule has 0 radical (unpaired) electrons. The lowest BCUT2D eigenvalue weighted by Crippen LogP contribution is -2.04. The fraction of sp³-hybridized carbons (Fsp3) is 0.143. The van der Waals surface area contributed by atoms with Gasteiger partial charge in [-0.25, -0.2) is 0 Å². The summed E-state index contributed by atoms with van der Waals surface area (Å²) in [4.78, 5) is 3.88. The predicted octanol–water partition coefficient (Wildman–Crippen LogP) is 6.73. The van der Waals surface area contributed by atoms with Crippen LogP contribution in [0.1, 0.15) is 12.5 Å². The normalized spacial score (nSPS) is 10.8. The van der Waals surface area contributed by atoms with Gasteiger partial charge in [0.15, 0.2) is 21.5 Å². The minimum atomic E-state index is -0.149. The van der Waals surface area contributed by atoms with Crippen LogP contribution in [-0.4, -0.2) is 13.4 Å². The van der Waals surface area contributed by atoms with Crippen molar-refractivity contribution in [3.63, 3.8) is 0 Å². The molecular weight excluding hydrogens is 416 g/mol. The Morgan fingerprint density at radius 1 is 0.562 bits per heavy atom. The molecule has 0 unspecified atom stereocenters. The third kappa shape index (κ3) is 5.94. The van der Waals surface area contributed by atoms with Gasteiger partial charge in [0.25, 0.3) is 0 Å². The van der Waals surface area contributed by atoms with Crippen molar-refractivity contribution >= 4 is 10.9 Å². The van der Waals surface area contributed by atoms with E-state index in [1.165, 1.54) is 14.7 Å². The van der Waals surface area contributed by atoms with E-state index in [1.807, 2.05) is 31.2 Å². The summed E-state index contributed by atoms with van der Waals surface area (Å²) in [6.45, 7) is 3.36. The van der Waals surface area contributed by atoms with Crippen molar-refractivity contribution in [2.24, 2.45) is 0 Å². The Kier molecular flexibility index (Phi) is 7.85. The largest absolute Gasteiger partial charge is 0.489 e. The summed E-state index contributed by atoms with van der Waals surface area (Å²) in [5.74, 6) is 1.65. The van der Waals surface area contributed by atoms with Crippen LogP contribution in [0.4, 0.5) is 0 Å². The van der Waals surface area contributed by atoms with E-state index in [0.29, 0.717) is 13.2 Å². The van der Waals surface area contributed by atoms with Gasteiger partial charge in [-0.05, 0) is 73.2 Å². The molecule has 162 valence electrons. The summed E-state index contributed by atoms with van der Waals surface area (Å²) in [6, 6.07) is 37.7. The zero-order valence-corrected chi connectivity index (χ0v) is 19.0. The first-order valence-corrected chi connectivity index (χ1v) is 11.9. The molecule has 32 heavy (non-hydrogen) atoms. The number of ether oxygens (including phenoxy) is 3. The van der Waals surface area contributed by atoms with Gasteiger partial charge in [-0.3, -0.25) is 0 Å². The van der Waals surface area contributed by atoms with Crippen LogP contribution >= 0.6 is 0 Å². The molecule has 0 spiro atoms. The average molecular weight is 444 g/mol. The van der Waals surface area contributed by atoms with E-state index in [4.69, 9.17) is 14.2 Å². The maximum atomic E-state index is 6.01. The Balaban J connectivity index is 1.43. The van der Waals surface area contributed by atoms with Gasteiger partial charge in [0.1, 0.15) is 18.1 Å². The van der Waals surface area contributed by atoms with E-state index >= 15 is 0 Å². The van der Waals surface area contributed by atoms with Gasteiger partial charge in [0, 0.05) is 6.61 Å². The third-order valence-electron chi connectivity index (χ3n) is 4.86. The minimum absolute atomic E-state index is 0.149. The molecule has 0 aliphatic carbocycles. The zero-order chi connectivity index (χ0) is 22.0. The first kappa shape index (κ1) is 22.0. The highest BCUT2D eigenvalue weighted by Crippen LogP contribution is 2.32. The summed E-state index contributed by atoms with van der Waals surface area (Å²) in [5, 5.41) is 0. The number of benzene rings is 4. The van der Waals surface area contributed by atoms with E-state index in [2.05, 4.69) is 84.9 Å². The summed E-state index contributed by atoms with van der Waals surface area (Å²) in [5.41, 5.74) is 1.09. The second-order valence-electron chi connectivity index (χ2n) is 7.09. The molecule has 0 saturated heterocycles. The molecule has 0 atom stereocenters. The lowest BCUT2D eigenvalue weighted by molar-refractivity contribution is 0.0224. The molecule has 0 bridgehead atoms. The molecule has 0 aliphatic rings. The molecule has 0 aliphatic heterocycles. The van der Waals surface area contributed by atoms with Crippen molar-refractivity contribution in [3.05, 3.63) is 115 Å². The summed E-state index contributed by atoms with van der Waals surface area (Å²) >= 11 is 0. The highest BCUT2D eigenvalue weighted by Gasteiger charge is 2.28. The summed E-state index contributed by atoms with van der Waals surface area (Å²) < 4.78 is 16.7. The number of rotatable bonds is 10. The van der Waals surface area contributed by atoms with E-state index in [1.54, 1.807) is 0 Å². The lowest BCUT2D eigenvalue weighted by Gasteiger charge is -2.10. The molecule has 0 N–H and O–H groups in total. The summed E-state index contributed by atoms with van der Waals surface area (Å²) in [6.07, 6.45) is 0. The van der Waals surface area contributed by atoms with Crippen LogP contribution in [0.15, 0.2) is 124 Å². The fourth-order valence-corrected chi connectivity index (χ4v) is 5.32. The van der Waals surface area contributed by atoms with Crippen molar-refractivity contribution < 1.29 is 14.2 Å². The highest BCUT2D eigenvalue weighted by atomic mass is 32.2. The molecule has 0 aromatic heterocycles. The van der Waals surface area contributed by atoms with Crippen molar-refractivity contribution in [1.29, 1.82) is 0 Å². The molecule has 0 saturated carbocycles. The Hall–Kier alpha value is -3.21. The van der Waals surface area contributed by atoms with Crippen molar-refractivity contribution in [3.8, 4) is 11.5 Å². The molecule has 0 amide bonds. The van der Waals surface area contributed by atoms with E-state index in [0.717, 1.165) is 17.1 Å². The monoisotopic (exact) mass is 443 g/mol. The van der Waals surface area contributed by atoms with Crippen LogP contribution in [0.25, 0.3) is 0 Å². The maximum absolute atomic E-state index is 6.01.